The Morgan fingerprint density at radius 1 is 0.821 bits per heavy atom. The Balaban J connectivity index is 1.38. The summed E-state index contributed by atoms with van der Waals surface area (Å²) >= 11 is 0. The first kappa shape index (κ1) is 18.1. The molecule has 4 rings (SSSR count). The van der Waals surface area contributed by atoms with Gasteiger partial charge in [0.15, 0.2) is 11.5 Å². The lowest BCUT2D eigenvalue weighted by molar-refractivity contribution is 0.0953. The number of hydrogen-bond acceptors (Lipinski definition) is 3. The average molecular weight is 373 g/mol. The molecule has 28 heavy (non-hydrogen) atoms. The highest BCUT2D eigenvalue weighted by atomic mass is 16.6. The van der Waals surface area contributed by atoms with Crippen molar-refractivity contribution in [2.75, 3.05) is 19.8 Å². The van der Waals surface area contributed by atoms with E-state index < -0.39 is 0 Å². The van der Waals surface area contributed by atoms with Crippen molar-refractivity contribution in [3.05, 3.63) is 95.1 Å². The van der Waals surface area contributed by atoms with Crippen LogP contribution in [0.4, 0.5) is 0 Å². The van der Waals surface area contributed by atoms with Crippen molar-refractivity contribution >= 4 is 5.91 Å². The monoisotopic (exact) mass is 373 g/mol. The lowest BCUT2D eigenvalue weighted by Crippen LogP contribution is -2.26. The standard InChI is InChI=1S/C24H23NO3/c26-24(21-9-5-4-8-20(21)16-18-6-2-1-3-7-18)25-13-12-19-10-11-22-23(17-19)28-15-14-27-22/h1-11,17H,12-16H2,(H,25,26). The number of fused-ring (bicyclic) bond motifs is 1. The maximum Gasteiger partial charge on any atom is 0.251 e. The molecule has 0 saturated heterocycles. The lowest BCUT2D eigenvalue weighted by atomic mass is 9.99. The van der Waals surface area contributed by atoms with E-state index in [-0.39, 0.29) is 5.91 Å². The minimum Gasteiger partial charge on any atom is -0.486 e. The number of carbonyl (C=O) groups is 1. The van der Waals surface area contributed by atoms with Crippen LogP contribution in [-0.4, -0.2) is 25.7 Å². The second-order valence-electron chi connectivity index (χ2n) is 6.80. The summed E-state index contributed by atoms with van der Waals surface area (Å²) in [4.78, 5) is 12.7. The Bertz CT molecular complexity index is 953. The molecule has 1 heterocycles. The predicted octanol–water partition coefficient (Wildman–Crippen LogP) is 4.02. The number of amides is 1. The van der Waals surface area contributed by atoms with Crippen molar-refractivity contribution in [2.45, 2.75) is 12.8 Å². The molecule has 0 fully saturated rings. The van der Waals surface area contributed by atoms with E-state index >= 15 is 0 Å². The fourth-order valence-electron chi connectivity index (χ4n) is 3.37. The Kier molecular flexibility index (Phi) is 5.57. The molecule has 3 aromatic carbocycles. The maximum absolute atomic E-state index is 12.7. The van der Waals surface area contributed by atoms with Crippen LogP contribution in [0.3, 0.4) is 0 Å². The minimum absolute atomic E-state index is 0.0379. The summed E-state index contributed by atoms with van der Waals surface area (Å²) in [7, 11) is 0. The molecule has 0 aromatic heterocycles. The number of carbonyl (C=O) groups excluding carboxylic acids is 1. The number of benzene rings is 3. The zero-order chi connectivity index (χ0) is 19.2. The van der Waals surface area contributed by atoms with Crippen LogP contribution in [0.5, 0.6) is 11.5 Å². The molecular weight excluding hydrogens is 350 g/mol. The van der Waals surface area contributed by atoms with Gasteiger partial charge >= 0.3 is 0 Å². The molecule has 1 amide bonds. The van der Waals surface area contributed by atoms with Gasteiger partial charge in [-0.05, 0) is 47.7 Å². The Hall–Kier alpha value is -3.27. The van der Waals surface area contributed by atoms with Crippen LogP contribution in [0.25, 0.3) is 0 Å². The summed E-state index contributed by atoms with van der Waals surface area (Å²) in [6.45, 7) is 1.73. The largest absolute Gasteiger partial charge is 0.486 e. The fraction of sp³-hybridized carbons (Fsp3) is 0.208. The minimum atomic E-state index is -0.0379. The molecule has 142 valence electrons. The zero-order valence-corrected chi connectivity index (χ0v) is 15.7. The van der Waals surface area contributed by atoms with Crippen LogP contribution in [0, 0.1) is 0 Å². The van der Waals surface area contributed by atoms with Gasteiger partial charge in [0.2, 0.25) is 0 Å². The quantitative estimate of drug-likeness (QED) is 0.710. The number of nitrogens with one attached hydrogen (secondary N) is 1. The molecule has 0 spiro atoms. The van der Waals surface area contributed by atoms with Gasteiger partial charge in [0.1, 0.15) is 13.2 Å². The van der Waals surface area contributed by atoms with Crippen molar-refractivity contribution < 1.29 is 14.3 Å². The van der Waals surface area contributed by atoms with Crippen molar-refractivity contribution in [1.82, 2.24) is 5.32 Å². The Morgan fingerprint density at radius 3 is 2.43 bits per heavy atom. The van der Waals surface area contributed by atoms with Crippen LogP contribution in [-0.2, 0) is 12.8 Å². The van der Waals surface area contributed by atoms with Gasteiger partial charge in [-0.15, -0.1) is 0 Å². The second kappa shape index (κ2) is 8.61. The molecule has 0 bridgehead atoms. The van der Waals surface area contributed by atoms with Crippen LogP contribution in [0.15, 0.2) is 72.8 Å². The molecule has 3 aromatic rings. The molecular formula is C24H23NO3. The fourth-order valence-corrected chi connectivity index (χ4v) is 3.37. The summed E-state index contributed by atoms with van der Waals surface area (Å²) in [5.74, 6) is 1.53. The number of ether oxygens (including phenoxy) is 2. The summed E-state index contributed by atoms with van der Waals surface area (Å²) in [6.07, 6.45) is 1.48. The summed E-state index contributed by atoms with van der Waals surface area (Å²) < 4.78 is 11.2. The van der Waals surface area contributed by atoms with Gasteiger partial charge in [-0.2, -0.15) is 0 Å². The molecule has 0 aliphatic carbocycles. The first-order chi connectivity index (χ1) is 13.8. The van der Waals surface area contributed by atoms with Crippen molar-refractivity contribution in [3.8, 4) is 11.5 Å². The lowest BCUT2D eigenvalue weighted by Gasteiger charge is -2.19. The molecule has 0 radical (unpaired) electrons. The average Bonchev–Trinajstić information content (AvgIpc) is 2.75. The molecule has 0 unspecified atom stereocenters. The SMILES string of the molecule is O=C(NCCc1ccc2c(c1)OCCO2)c1ccccc1Cc1ccccc1. The third kappa shape index (κ3) is 4.34. The maximum atomic E-state index is 12.7. The first-order valence-corrected chi connectivity index (χ1v) is 9.58. The molecule has 0 atom stereocenters. The highest BCUT2D eigenvalue weighted by Gasteiger charge is 2.13. The molecule has 4 heteroatoms. The molecule has 1 aliphatic rings. The molecule has 0 saturated carbocycles. The predicted molar refractivity (Wildman–Crippen MR) is 109 cm³/mol. The zero-order valence-electron chi connectivity index (χ0n) is 15.7. The number of rotatable bonds is 6. The van der Waals surface area contributed by atoms with Crippen molar-refractivity contribution in [2.24, 2.45) is 0 Å². The van der Waals surface area contributed by atoms with Gasteiger partial charge in [-0.25, -0.2) is 0 Å². The van der Waals surface area contributed by atoms with Gasteiger partial charge in [0, 0.05) is 12.1 Å². The topological polar surface area (TPSA) is 47.6 Å². The van der Waals surface area contributed by atoms with Crippen LogP contribution < -0.4 is 14.8 Å². The van der Waals surface area contributed by atoms with E-state index in [0.29, 0.717) is 19.8 Å². The number of hydrogen-bond donors (Lipinski definition) is 1. The Labute approximate surface area is 165 Å². The van der Waals surface area contributed by atoms with Gasteiger partial charge in [0.05, 0.1) is 0 Å². The van der Waals surface area contributed by atoms with E-state index in [2.05, 4.69) is 17.4 Å². The van der Waals surface area contributed by atoms with E-state index in [0.717, 1.165) is 41.0 Å². The van der Waals surface area contributed by atoms with Crippen molar-refractivity contribution in [1.29, 1.82) is 0 Å². The summed E-state index contributed by atoms with van der Waals surface area (Å²) in [5, 5.41) is 3.04. The second-order valence-corrected chi connectivity index (χ2v) is 6.80. The van der Waals surface area contributed by atoms with E-state index in [1.54, 1.807) is 0 Å². The van der Waals surface area contributed by atoms with Crippen LogP contribution in [0.2, 0.25) is 0 Å². The normalized spacial score (nSPS) is 12.4. The van der Waals surface area contributed by atoms with E-state index in [1.807, 2.05) is 60.7 Å². The Morgan fingerprint density at radius 2 is 1.57 bits per heavy atom. The summed E-state index contributed by atoms with van der Waals surface area (Å²) in [6, 6.07) is 23.9. The smallest absolute Gasteiger partial charge is 0.251 e. The van der Waals surface area contributed by atoms with Gasteiger partial charge in [-0.3, -0.25) is 4.79 Å². The van der Waals surface area contributed by atoms with Crippen LogP contribution >= 0.6 is 0 Å². The van der Waals surface area contributed by atoms with Gasteiger partial charge in [0.25, 0.3) is 5.91 Å². The highest BCUT2D eigenvalue weighted by Crippen LogP contribution is 2.30. The third-order valence-corrected chi connectivity index (χ3v) is 4.81. The van der Waals surface area contributed by atoms with Crippen LogP contribution in [0.1, 0.15) is 27.0 Å². The van der Waals surface area contributed by atoms with Gasteiger partial charge in [-0.1, -0.05) is 54.6 Å². The van der Waals surface area contributed by atoms with Crippen molar-refractivity contribution in [3.63, 3.8) is 0 Å². The third-order valence-electron chi connectivity index (χ3n) is 4.81. The summed E-state index contributed by atoms with van der Waals surface area (Å²) in [5.41, 5.74) is 4.07. The highest BCUT2D eigenvalue weighted by molar-refractivity contribution is 5.95. The van der Waals surface area contributed by atoms with E-state index in [4.69, 9.17) is 9.47 Å². The molecule has 4 nitrogen and oxygen atoms in total. The van der Waals surface area contributed by atoms with Gasteiger partial charge < -0.3 is 14.8 Å². The molecule has 1 N–H and O–H groups in total. The van der Waals surface area contributed by atoms with E-state index in [1.165, 1.54) is 5.56 Å². The first-order valence-electron chi connectivity index (χ1n) is 9.58. The molecule has 1 aliphatic heterocycles. The van der Waals surface area contributed by atoms with E-state index in [9.17, 15) is 4.79 Å².